The smallest absolute Gasteiger partial charge is 0.201 e. The third-order valence-corrected chi connectivity index (χ3v) is 13.3. The second-order valence-corrected chi connectivity index (χ2v) is 16.4. The molecule has 2 aromatic heterocycles. The summed E-state index contributed by atoms with van der Waals surface area (Å²) >= 11 is 1.84. The molecule has 8 aromatic carbocycles. The Morgan fingerprint density at radius 3 is 1.75 bits per heavy atom. The summed E-state index contributed by atoms with van der Waals surface area (Å²) in [6.45, 7) is 8.53. The molecule has 61 heavy (non-hydrogen) atoms. The molecule has 0 unspecified atom stereocenters. The molecule has 0 fully saturated rings. The molecule has 2 aliphatic rings. The van der Waals surface area contributed by atoms with Crippen LogP contribution in [-0.4, -0.2) is 19.5 Å². The first-order valence-electron chi connectivity index (χ1n) is 20.0. The van der Waals surface area contributed by atoms with Crippen molar-refractivity contribution in [3.05, 3.63) is 221 Å². The minimum atomic E-state index is -0.517. The van der Waals surface area contributed by atoms with Crippen LogP contribution in [0.4, 0.5) is 5.69 Å². The molecule has 0 saturated heterocycles. The zero-order chi connectivity index (χ0) is 40.7. The Labute approximate surface area is 355 Å². The molecule has 0 amide bonds. The van der Waals surface area contributed by atoms with Gasteiger partial charge in [0.1, 0.15) is 0 Å². The summed E-state index contributed by atoms with van der Waals surface area (Å²) in [5, 5.41) is 13.1. The average Bonchev–Trinajstić information content (AvgIpc) is 3.80. The summed E-state index contributed by atoms with van der Waals surface area (Å²) in [5.41, 5.74) is 12.2. The number of rotatable bonds is 4. The van der Waals surface area contributed by atoms with Gasteiger partial charge in [-0.3, -0.25) is 0 Å². The molecule has 0 atom stereocenters. The molecule has 0 N–H and O–H groups in total. The van der Waals surface area contributed by atoms with Gasteiger partial charge in [-0.15, -0.1) is 0 Å². The Balaban J connectivity index is 1.12. The highest BCUT2D eigenvalue weighted by Gasteiger charge is 2.50. The van der Waals surface area contributed by atoms with Gasteiger partial charge in [0.25, 0.3) is 0 Å². The number of para-hydroxylation sites is 1. The lowest BCUT2D eigenvalue weighted by Gasteiger charge is -2.39. The summed E-state index contributed by atoms with van der Waals surface area (Å²) in [6.07, 6.45) is 0. The molecule has 7 heteroatoms. The van der Waals surface area contributed by atoms with Gasteiger partial charge in [0.2, 0.25) is 5.69 Å². The van der Waals surface area contributed by atoms with Gasteiger partial charge in [0.15, 0.2) is 17.5 Å². The van der Waals surface area contributed by atoms with Gasteiger partial charge in [-0.2, -0.15) is 5.26 Å². The summed E-state index contributed by atoms with van der Waals surface area (Å²) in [6, 6.07) is 65.3. The maximum absolute atomic E-state index is 10.9. The van der Waals surface area contributed by atoms with Gasteiger partial charge in [0, 0.05) is 42.9 Å². The molecule has 1 aliphatic heterocycles. The zero-order valence-electron chi connectivity index (χ0n) is 32.4. The molecule has 3 heterocycles. The lowest BCUT2D eigenvalue weighted by atomic mass is 9.67. The predicted octanol–water partition coefficient (Wildman–Crippen LogP) is 13.2. The third-order valence-electron chi connectivity index (χ3n) is 12.2. The van der Waals surface area contributed by atoms with Crippen LogP contribution in [0.3, 0.4) is 0 Å². The van der Waals surface area contributed by atoms with Crippen LogP contribution in [0.5, 0.6) is 0 Å². The second kappa shape index (κ2) is 13.5. The van der Waals surface area contributed by atoms with E-state index >= 15 is 0 Å². The minimum absolute atomic E-state index is 0.273. The van der Waals surface area contributed by atoms with Crippen LogP contribution in [0.2, 0.25) is 0 Å². The fourth-order valence-electron chi connectivity index (χ4n) is 9.66. The second-order valence-electron chi connectivity index (χ2n) is 15.3. The standard InChI is InChI=1S/C54H30N6S/c1-56-45-29-36(28-35(32-55)50(45)53-58-51(33-16-4-2-5-17-33)57-52(59-53)34-18-6-3-7-19-34)60-46-25-13-9-21-38(46)40-30-44-39(31-47(40)60)37-20-8-10-22-41(37)54(44)42-23-11-14-26-48(42)61-49-27-15-12-24-43(49)54/h2-31H. The summed E-state index contributed by atoms with van der Waals surface area (Å²) in [4.78, 5) is 21.3. The topological polar surface area (TPSA) is 71.8 Å². The number of hydrogen-bond acceptors (Lipinski definition) is 5. The van der Waals surface area contributed by atoms with E-state index in [-0.39, 0.29) is 11.5 Å². The maximum Gasteiger partial charge on any atom is 0.201 e. The van der Waals surface area contributed by atoms with Gasteiger partial charge >= 0.3 is 0 Å². The first-order valence-corrected chi connectivity index (χ1v) is 20.8. The van der Waals surface area contributed by atoms with Gasteiger partial charge < -0.3 is 4.57 Å². The van der Waals surface area contributed by atoms with Crippen molar-refractivity contribution < 1.29 is 0 Å². The fraction of sp³-hybridized carbons (Fsp3) is 0.0185. The van der Waals surface area contributed by atoms with Crippen LogP contribution in [0.25, 0.3) is 77.6 Å². The Morgan fingerprint density at radius 2 is 1.10 bits per heavy atom. The summed E-state index contributed by atoms with van der Waals surface area (Å²) in [5.74, 6) is 1.20. The van der Waals surface area contributed by atoms with Gasteiger partial charge in [-0.1, -0.05) is 151 Å². The van der Waals surface area contributed by atoms with Gasteiger partial charge in [-0.05, 0) is 75.8 Å². The van der Waals surface area contributed by atoms with E-state index in [9.17, 15) is 5.26 Å². The van der Waals surface area contributed by atoms with Crippen LogP contribution in [0.1, 0.15) is 27.8 Å². The molecule has 0 radical (unpaired) electrons. The predicted molar refractivity (Wildman–Crippen MR) is 243 cm³/mol. The zero-order valence-corrected chi connectivity index (χ0v) is 33.2. The van der Waals surface area contributed by atoms with Crippen molar-refractivity contribution in [2.75, 3.05) is 0 Å². The van der Waals surface area contributed by atoms with Crippen molar-refractivity contribution in [1.29, 1.82) is 5.26 Å². The summed E-state index contributed by atoms with van der Waals surface area (Å²) in [7, 11) is 0. The van der Waals surface area contributed by atoms with Crippen LogP contribution in [-0.2, 0) is 5.41 Å². The number of nitrogens with zero attached hydrogens (tertiary/aromatic N) is 6. The SMILES string of the molecule is [C-]#[N+]c1cc(-n2c3ccccc3c3cc4c(cc32)-c2ccccc2C42c3ccccc3Sc3ccccc32)cc(C#N)c1-c1nc(-c2ccccc2)nc(-c2ccccc2)n1. The minimum Gasteiger partial charge on any atom is -0.310 e. The normalized spacial score (nSPS) is 13.0. The monoisotopic (exact) mass is 794 g/mol. The van der Waals surface area contributed by atoms with E-state index in [1.165, 1.54) is 43.2 Å². The van der Waals surface area contributed by atoms with E-state index < -0.39 is 5.41 Å². The number of hydrogen-bond donors (Lipinski definition) is 0. The molecule has 6 nitrogen and oxygen atoms in total. The third kappa shape index (κ3) is 5.05. The lowest BCUT2D eigenvalue weighted by Crippen LogP contribution is -2.31. The molecule has 1 spiro atoms. The highest BCUT2D eigenvalue weighted by molar-refractivity contribution is 7.99. The average molecular weight is 795 g/mol. The Hall–Kier alpha value is -8.10. The highest BCUT2D eigenvalue weighted by Crippen LogP contribution is 2.62. The van der Waals surface area contributed by atoms with Crippen LogP contribution >= 0.6 is 11.8 Å². The van der Waals surface area contributed by atoms with Crippen LogP contribution in [0, 0.1) is 17.9 Å². The Morgan fingerprint density at radius 1 is 0.525 bits per heavy atom. The van der Waals surface area contributed by atoms with E-state index in [0.717, 1.165) is 32.9 Å². The van der Waals surface area contributed by atoms with Crippen LogP contribution in [0.15, 0.2) is 192 Å². The van der Waals surface area contributed by atoms with Crippen molar-refractivity contribution >= 4 is 39.3 Å². The molecule has 10 aromatic rings. The molecule has 282 valence electrons. The number of benzene rings is 8. The molecular weight excluding hydrogens is 765 g/mol. The number of nitriles is 1. The van der Waals surface area contributed by atoms with Crippen molar-refractivity contribution in [2.45, 2.75) is 15.2 Å². The first-order chi connectivity index (χ1) is 30.1. The molecule has 0 bridgehead atoms. The molecule has 12 rings (SSSR count). The molecular formula is C54H30N6S. The van der Waals surface area contributed by atoms with E-state index in [2.05, 4.69) is 119 Å². The maximum atomic E-state index is 10.9. The van der Waals surface area contributed by atoms with E-state index in [4.69, 9.17) is 21.5 Å². The number of fused-ring (bicyclic) bond motifs is 12. The van der Waals surface area contributed by atoms with Crippen molar-refractivity contribution in [2.24, 2.45) is 0 Å². The van der Waals surface area contributed by atoms with E-state index in [1.807, 2.05) is 90.6 Å². The lowest BCUT2D eigenvalue weighted by molar-refractivity contribution is 0.723. The summed E-state index contributed by atoms with van der Waals surface area (Å²) < 4.78 is 2.20. The van der Waals surface area contributed by atoms with Gasteiger partial charge in [-0.25, -0.2) is 19.8 Å². The Kier molecular flexibility index (Phi) is 7.71. The molecule has 1 aliphatic carbocycles. The van der Waals surface area contributed by atoms with Crippen LogP contribution < -0.4 is 0 Å². The van der Waals surface area contributed by atoms with Gasteiger partial charge in [0.05, 0.1) is 34.7 Å². The van der Waals surface area contributed by atoms with E-state index in [0.29, 0.717) is 28.5 Å². The van der Waals surface area contributed by atoms with Crippen molar-refractivity contribution in [3.63, 3.8) is 0 Å². The first kappa shape index (κ1) is 34.9. The quantitative estimate of drug-likeness (QED) is 0.166. The number of aromatic nitrogens is 4. The van der Waals surface area contributed by atoms with E-state index in [1.54, 1.807) is 0 Å². The Bertz CT molecular complexity index is 3400. The van der Waals surface area contributed by atoms with Crippen molar-refractivity contribution in [3.8, 4) is 57.0 Å². The fourth-order valence-corrected chi connectivity index (χ4v) is 10.9. The van der Waals surface area contributed by atoms with Crippen molar-refractivity contribution in [1.82, 2.24) is 19.5 Å². The highest BCUT2D eigenvalue weighted by atomic mass is 32.2. The molecule has 0 saturated carbocycles. The largest absolute Gasteiger partial charge is 0.310 e.